The Bertz CT molecular complexity index is 394. The molecule has 0 bridgehead atoms. The van der Waals surface area contributed by atoms with E-state index in [1.165, 1.54) is 0 Å². The van der Waals surface area contributed by atoms with Crippen LogP contribution >= 0.6 is 11.3 Å². The number of rotatable bonds is 5. The van der Waals surface area contributed by atoms with Crippen LogP contribution in [0.1, 0.15) is 19.0 Å². The molecule has 0 saturated heterocycles. The molecule has 2 rings (SSSR count). The van der Waals surface area contributed by atoms with Crippen LogP contribution in [-0.2, 0) is 6.54 Å². The van der Waals surface area contributed by atoms with Gasteiger partial charge >= 0.3 is 0 Å². The Morgan fingerprint density at radius 3 is 3.20 bits per heavy atom. The van der Waals surface area contributed by atoms with Crippen LogP contribution in [0.25, 0.3) is 11.3 Å². The van der Waals surface area contributed by atoms with E-state index in [0.29, 0.717) is 0 Å². The number of thiophene rings is 1. The van der Waals surface area contributed by atoms with E-state index in [9.17, 15) is 0 Å². The van der Waals surface area contributed by atoms with E-state index in [4.69, 9.17) is 4.52 Å². The molecule has 15 heavy (non-hydrogen) atoms. The third-order valence-electron chi connectivity index (χ3n) is 2.10. The lowest BCUT2D eigenvalue weighted by Crippen LogP contribution is -2.13. The van der Waals surface area contributed by atoms with Crippen LogP contribution in [-0.4, -0.2) is 11.7 Å². The fraction of sp³-hybridized carbons (Fsp3) is 0.364. The van der Waals surface area contributed by atoms with Gasteiger partial charge in [-0.15, -0.1) is 0 Å². The molecule has 0 amide bonds. The summed E-state index contributed by atoms with van der Waals surface area (Å²) in [4.78, 5) is 0. The van der Waals surface area contributed by atoms with E-state index >= 15 is 0 Å². The Labute approximate surface area is 93.1 Å². The van der Waals surface area contributed by atoms with Crippen LogP contribution in [0, 0.1) is 0 Å². The second-order valence-electron chi connectivity index (χ2n) is 3.37. The molecule has 0 atom stereocenters. The molecular formula is C11H14N2OS. The van der Waals surface area contributed by atoms with Crippen LogP contribution in [0.15, 0.2) is 27.4 Å². The average Bonchev–Trinajstić information content (AvgIpc) is 2.87. The van der Waals surface area contributed by atoms with Gasteiger partial charge in [-0.1, -0.05) is 12.1 Å². The van der Waals surface area contributed by atoms with E-state index in [1.807, 2.05) is 17.5 Å². The zero-order chi connectivity index (χ0) is 10.5. The molecule has 0 aliphatic carbocycles. The molecule has 0 radical (unpaired) electrons. The molecule has 0 saturated carbocycles. The molecule has 0 aliphatic heterocycles. The van der Waals surface area contributed by atoms with Gasteiger partial charge in [-0.05, 0) is 24.4 Å². The Morgan fingerprint density at radius 2 is 2.47 bits per heavy atom. The summed E-state index contributed by atoms with van der Waals surface area (Å²) >= 11 is 1.66. The lowest BCUT2D eigenvalue weighted by molar-refractivity contribution is 0.420. The summed E-state index contributed by atoms with van der Waals surface area (Å²) in [6.45, 7) is 3.94. The zero-order valence-electron chi connectivity index (χ0n) is 8.69. The molecule has 0 aromatic carbocycles. The van der Waals surface area contributed by atoms with Crippen molar-refractivity contribution >= 4 is 11.3 Å². The van der Waals surface area contributed by atoms with Gasteiger partial charge in [0.2, 0.25) is 0 Å². The molecule has 3 nitrogen and oxygen atoms in total. The lowest BCUT2D eigenvalue weighted by atomic mass is 10.2. The molecule has 2 aromatic rings. The van der Waals surface area contributed by atoms with Gasteiger partial charge in [-0.25, -0.2) is 0 Å². The molecule has 0 unspecified atom stereocenters. The molecule has 2 aromatic heterocycles. The van der Waals surface area contributed by atoms with Crippen molar-refractivity contribution in [2.24, 2.45) is 0 Å². The lowest BCUT2D eigenvalue weighted by Gasteiger charge is -1.96. The van der Waals surface area contributed by atoms with E-state index in [2.05, 4.69) is 22.8 Å². The maximum absolute atomic E-state index is 5.26. The Morgan fingerprint density at radius 1 is 1.53 bits per heavy atom. The molecule has 0 aliphatic rings. The van der Waals surface area contributed by atoms with Crippen molar-refractivity contribution < 1.29 is 4.52 Å². The first-order valence-corrected chi connectivity index (χ1v) is 6.03. The van der Waals surface area contributed by atoms with Crippen molar-refractivity contribution in [3.8, 4) is 11.3 Å². The van der Waals surface area contributed by atoms with Crippen LogP contribution in [0.4, 0.5) is 0 Å². The van der Waals surface area contributed by atoms with Crippen molar-refractivity contribution in [1.29, 1.82) is 0 Å². The molecular weight excluding hydrogens is 208 g/mol. The predicted molar refractivity (Wildman–Crippen MR) is 61.8 cm³/mol. The van der Waals surface area contributed by atoms with Crippen molar-refractivity contribution in [1.82, 2.24) is 10.5 Å². The quantitative estimate of drug-likeness (QED) is 0.790. The normalized spacial score (nSPS) is 10.7. The predicted octanol–water partition coefficient (Wildman–Crippen LogP) is 2.90. The molecule has 0 spiro atoms. The van der Waals surface area contributed by atoms with Gasteiger partial charge in [0.25, 0.3) is 0 Å². The first-order valence-electron chi connectivity index (χ1n) is 5.09. The highest BCUT2D eigenvalue weighted by Crippen LogP contribution is 2.22. The Kier molecular flexibility index (Phi) is 3.53. The van der Waals surface area contributed by atoms with E-state index in [-0.39, 0.29) is 0 Å². The largest absolute Gasteiger partial charge is 0.356 e. The minimum Gasteiger partial charge on any atom is -0.356 e. The minimum atomic E-state index is 0.779. The fourth-order valence-corrected chi connectivity index (χ4v) is 1.97. The van der Waals surface area contributed by atoms with Crippen LogP contribution in [0.2, 0.25) is 0 Å². The monoisotopic (exact) mass is 222 g/mol. The Hall–Kier alpha value is -1.13. The van der Waals surface area contributed by atoms with Crippen molar-refractivity contribution in [3.63, 3.8) is 0 Å². The van der Waals surface area contributed by atoms with Gasteiger partial charge < -0.3 is 9.84 Å². The van der Waals surface area contributed by atoms with Crippen molar-refractivity contribution in [2.45, 2.75) is 19.9 Å². The van der Waals surface area contributed by atoms with Gasteiger partial charge in [0.1, 0.15) is 0 Å². The van der Waals surface area contributed by atoms with Gasteiger partial charge in [0, 0.05) is 23.6 Å². The minimum absolute atomic E-state index is 0.779. The van der Waals surface area contributed by atoms with Gasteiger partial charge in [0.15, 0.2) is 5.76 Å². The van der Waals surface area contributed by atoms with Gasteiger partial charge in [-0.2, -0.15) is 11.3 Å². The summed E-state index contributed by atoms with van der Waals surface area (Å²) < 4.78 is 5.26. The maximum atomic E-state index is 5.26. The maximum Gasteiger partial charge on any atom is 0.168 e. The summed E-state index contributed by atoms with van der Waals surface area (Å²) in [6.07, 6.45) is 1.13. The topological polar surface area (TPSA) is 38.1 Å². The van der Waals surface area contributed by atoms with Crippen LogP contribution in [0.5, 0.6) is 0 Å². The first-order chi connectivity index (χ1) is 7.40. The van der Waals surface area contributed by atoms with Crippen LogP contribution in [0.3, 0.4) is 0 Å². The smallest absolute Gasteiger partial charge is 0.168 e. The molecule has 1 N–H and O–H groups in total. The Balaban J connectivity index is 1.98. The summed E-state index contributed by atoms with van der Waals surface area (Å²) in [7, 11) is 0. The fourth-order valence-electron chi connectivity index (χ4n) is 1.33. The molecule has 2 heterocycles. The standard InChI is InChI=1S/C11H14N2OS/c1-2-4-12-7-10-6-11(14-13-10)9-3-5-15-8-9/h3,5-6,8,12H,2,4,7H2,1H3. The van der Waals surface area contributed by atoms with Gasteiger partial charge in [-0.3, -0.25) is 0 Å². The van der Waals surface area contributed by atoms with Gasteiger partial charge in [0.05, 0.1) is 5.69 Å². The molecule has 4 heteroatoms. The van der Waals surface area contributed by atoms with Crippen molar-refractivity contribution in [3.05, 3.63) is 28.6 Å². The highest BCUT2D eigenvalue weighted by molar-refractivity contribution is 7.08. The number of hydrogen-bond acceptors (Lipinski definition) is 4. The second kappa shape index (κ2) is 5.09. The summed E-state index contributed by atoms with van der Waals surface area (Å²) in [5.41, 5.74) is 2.07. The highest BCUT2D eigenvalue weighted by atomic mass is 32.1. The average molecular weight is 222 g/mol. The number of hydrogen-bond donors (Lipinski definition) is 1. The zero-order valence-corrected chi connectivity index (χ0v) is 9.51. The van der Waals surface area contributed by atoms with E-state index in [0.717, 1.165) is 36.5 Å². The number of aromatic nitrogens is 1. The summed E-state index contributed by atoms with van der Waals surface area (Å²) in [6, 6.07) is 4.03. The SMILES string of the molecule is CCCNCc1cc(-c2ccsc2)on1. The van der Waals surface area contributed by atoms with E-state index < -0.39 is 0 Å². The third-order valence-corrected chi connectivity index (χ3v) is 2.78. The van der Waals surface area contributed by atoms with E-state index in [1.54, 1.807) is 11.3 Å². The molecule has 0 fully saturated rings. The van der Waals surface area contributed by atoms with Crippen LogP contribution < -0.4 is 5.32 Å². The summed E-state index contributed by atoms with van der Waals surface area (Å²) in [5, 5.41) is 11.4. The molecule has 80 valence electrons. The second-order valence-corrected chi connectivity index (χ2v) is 4.15. The number of nitrogens with one attached hydrogen (secondary N) is 1. The number of nitrogens with zero attached hydrogens (tertiary/aromatic N) is 1. The third kappa shape index (κ3) is 2.67. The highest BCUT2D eigenvalue weighted by Gasteiger charge is 2.05. The summed E-state index contributed by atoms with van der Waals surface area (Å²) in [5.74, 6) is 0.851. The first kappa shape index (κ1) is 10.4. The van der Waals surface area contributed by atoms with Crippen molar-refractivity contribution in [2.75, 3.05) is 6.54 Å².